The number of carbonyl (C=O) groups is 2. The normalized spacial score (nSPS) is 12.0. The third kappa shape index (κ3) is 6.76. The summed E-state index contributed by atoms with van der Waals surface area (Å²) in [5.41, 5.74) is 1.08. The molecule has 21 heavy (non-hydrogen) atoms. The average Bonchev–Trinajstić information content (AvgIpc) is 2.42. The minimum atomic E-state index is -0.984. The zero-order chi connectivity index (χ0) is 15.8. The number of halogens is 1. The van der Waals surface area contributed by atoms with Crippen LogP contribution in [0.25, 0.3) is 0 Å². The van der Waals surface area contributed by atoms with Crippen LogP contribution in [-0.4, -0.2) is 40.8 Å². The largest absolute Gasteiger partial charge is 0.480 e. The first-order valence-corrected chi connectivity index (χ1v) is 9.51. The molecule has 0 heterocycles. The molecular weight excluding hydrogens is 374 g/mol. The highest BCUT2D eigenvalue weighted by molar-refractivity contribution is 9.10. The van der Waals surface area contributed by atoms with Gasteiger partial charge in [0.05, 0.1) is 5.75 Å². The Kier molecular flexibility index (Phi) is 8.21. The van der Waals surface area contributed by atoms with Crippen LogP contribution in [0.5, 0.6) is 0 Å². The van der Waals surface area contributed by atoms with Gasteiger partial charge in [-0.25, -0.2) is 4.79 Å². The SMILES string of the molecule is CSCC[C@@H](NC(=O)CSc1ccc(Br)cc1C)C(=O)O. The van der Waals surface area contributed by atoms with E-state index < -0.39 is 12.0 Å². The van der Waals surface area contributed by atoms with Crippen LogP contribution in [0, 0.1) is 6.92 Å². The molecule has 2 N–H and O–H groups in total. The van der Waals surface area contributed by atoms with Crippen molar-refractivity contribution in [2.45, 2.75) is 24.3 Å². The van der Waals surface area contributed by atoms with E-state index in [1.807, 2.05) is 31.4 Å². The van der Waals surface area contributed by atoms with E-state index in [2.05, 4.69) is 21.2 Å². The summed E-state index contributed by atoms with van der Waals surface area (Å²) in [4.78, 5) is 23.9. The molecule has 0 aromatic heterocycles. The molecule has 1 rings (SSSR count). The van der Waals surface area contributed by atoms with E-state index >= 15 is 0 Å². The standard InChI is InChI=1S/C14H18BrNO3S2/c1-9-7-10(15)3-4-12(9)21-8-13(17)16-11(14(18)19)5-6-20-2/h3-4,7,11H,5-6,8H2,1-2H3,(H,16,17)(H,18,19)/t11-/m1/s1. The summed E-state index contributed by atoms with van der Waals surface area (Å²) in [6.07, 6.45) is 2.34. The van der Waals surface area contributed by atoms with E-state index in [0.29, 0.717) is 12.2 Å². The maximum Gasteiger partial charge on any atom is 0.326 e. The molecule has 0 aliphatic heterocycles. The van der Waals surface area contributed by atoms with E-state index in [-0.39, 0.29) is 11.7 Å². The van der Waals surface area contributed by atoms with Gasteiger partial charge in [0.2, 0.25) is 5.91 Å². The lowest BCUT2D eigenvalue weighted by atomic mass is 10.2. The molecule has 1 atom stereocenters. The maximum atomic E-state index is 11.9. The zero-order valence-electron chi connectivity index (χ0n) is 11.9. The fraction of sp³-hybridized carbons (Fsp3) is 0.429. The molecule has 1 aromatic rings. The Bertz CT molecular complexity index is 511. The number of hydrogen-bond acceptors (Lipinski definition) is 4. The Morgan fingerprint density at radius 1 is 1.43 bits per heavy atom. The highest BCUT2D eigenvalue weighted by atomic mass is 79.9. The number of aliphatic carboxylic acids is 1. The van der Waals surface area contributed by atoms with Gasteiger partial charge < -0.3 is 10.4 Å². The van der Waals surface area contributed by atoms with Crippen molar-refractivity contribution in [2.24, 2.45) is 0 Å². The monoisotopic (exact) mass is 391 g/mol. The summed E-state index contributed by atoms with van der Waals surface area (Å²) in [6, 6.07) is 5.04. The number of aryl methyl sites for hydroxylation is 1. The van der Waals surface area contributed by atoms with E-state index in [1.54, 1.807) is 11.8 Å². The second-order valence-electron chi connectivity index (χ2n) is 4.44. The van der Waals surface area contributed by atoms with Crippen molar-refractivity contribution in [3.63, 3.8) is 0 Å². The van der Waals surface area contributed by atoms with Crippen LogP contribution >= 0.6 is 39.5 Å². The topological polar surface area (TPSA) is 66.4 Å². The Balaban J connectivity index is 2.50. The molecule has 4 nitrogen and oxygen atoms in total. The first kappa shape index (κ1) is 18.4. The van der Waals surface area contributed by atoms with Gasteiger partial charge in [0.15, 0.2) is 0 Å². The summed E-state index contributed by atoms with van der Waals surface area (Å²) < 4.78 is 0.997. The Hall–Kier alpha value is -0.660. The molecule has 0 fully saturated rings. The van der Waals surface area contributed by atoms with Crippen LogP contribution in [0.2, 0.25) is 0 Å². The molecule has 116 valence electrons. The molecule has 0 saturated carbocycles. The van der Waals surface area contributed by atoms with Gasteiger partial charge in [-0.1, -0.05) is 15.9 Å². The highest BCUT2D eigenvalue weighted by Gasteiger charge is 2.19. The third-order valence-corrected chi connectivity index (χ3v) is 5.05. The minimum Gasteiger partial charge on any atom is -0.480 e. The van der Waals surface area contributed by atoms with Crippen molar-refractivity contribution in [3.8, 4) is 0 Å². The number of nitrogens with one attached hydrogen (secondary N) is 1. The summed E-state index contributed by atoms with van der Waals surface area (Å²) in [5, 5.41) is 11.6. The van der Waals surface area contributed by atoms with Crippen molar-refractivity contribution in [1.82, 2.24) is 5.32 Å². The van der Waals surface area contributed by atoms with Crippen molar-refractivity contribution in [1.29, 1.82) is 0 Å². The third-order valence-electron chi connectivity index (χ3n) is 2.74. The minimum absolute atomic E-state index is 0.214. The summed E-state index contributed by atoms with van der Waals surface area (Å²) in [6.45, 7) is 1.98. The summed E-state index contributed by atoms with van der Waals surface area (Å²) in [5.74, 6) is -0.320. The second-order valence-corrected chi connectivity index (χ2v) is 7.36. The van der Waals surface area contributed by atoms with Crippen LogP contribution in [0.15, 0.2) is 27.6 Å². The molecule has 0 radical (unpaired) electrons. The number of carboxylic acids is 1. The van der Waals surface area contributed by atoms with Crippen molar-refractivity contribution < 1.29 is 14.7 Å². The van der Waals surface area contributed by atoms with Gasteiger partial charge in [-0.15, -0.1) is 11.8 Å². The average molecular weight is 392 g/mol. The highest BCUT2D eigenvalue weighted by Crippen LogP contribution is 2.25. The maximum absolute atomic E-state index is 11.9. The molecule has 0 aliphatic rings. The van der Waals surface area contributed by atoms with Crippen molar-refractivity contribution >= 4 is 51.3 Å². The number of rotatable bonds is 8. The van der Waals surface area contributed by atoms with Crippen LogP contribution in [-0.2, 0) is 9.59 Å². The van der Waals surface area contributed by atoms with E-state index in [9.17, 15) is 9.59 Å². The molecule has 0 spiro atoms. The van der Waals surface area contributed by atoms with Gasteiger partial charge in [-0.3, -0.25) is 4.79 Å². The smallest absolute Gasteiger partial charge is 0.326 e. The first-order valence-electron chi connectivity index (χ1n) is 6.34. The predicted octanol–water partition coefficient (Wildman–Crippen LogP) is 3.17. The molecule has 1 amide bonds. The first-order chi connectivity index (χ1) is 9.93. The van der Waals surface area contributed by atoms with E-state index in [1.165, 1.54) is 11.8 Å². The predicted molar refractivity (Wildman–Crippen MR) is 92.2 cm³/mol. The molecule has 0 bridgehead atoms. The number of benzene rings is 1. The van der Waals surface area contributed by atoms with Gasteiger partial charge in [-0.2, -0.15) is 11.8 Å². The number of carboxylic acid groups (broad SMARTS) is 1. The Morgan fingerprint density at radius 3 is 2.71 bits per heavy atom. The number of thioether (sulfide) groups is 2. The molecular formula is C14H18BrNO3S2. The lowest BCUT2D eigenvalue weighted by Gasteiger charge is -2.14. The van der Waals surface area contributed by atoms with Gasteiger partial charge in [0.1, 0.15) is 6.04 Å². The molecule has 1 aromatic carbocycles. The number of carbonyl (C=O) groups excluding carboxylic acids is 1. The van der Waals surface area contributed by atoms with Gasteiger partial charge in [0.25, 0.3) is 0 Å². The van der Waals surface area contributed by atoms with E-state index in [0.717, 1.165) is 14.9 Å². The molecule has 0 unspecified atom stereocenters. The van der Waals surface area contributed by atoms with Gasteiger partial charge >= 0.3 is 5.97 Å². The zero-order valence-corrected chi connectivity index (χ0v) is 15.1. The van der Waals surface area contributed by atoms with Gasteiger partial charge in [-0.05, 0) is 49.1 Å². The molecule has 7 heteroatoms. The number of hydrogen-bond donors (Lipinski definition) is 2. The molecule has 0 saturated heterocycles. The van der Waals surface area contributed by atoms with Crippen LogP contribution in [0.1, 0.15) is 12.0 Å². The Morgan fingerprint density at radius 2 is 2.14 bits per heavy atom. The fourth-order valence-electron chi connectivity index (χ4n) is 1.65. The molecule has 0 aliphatic carbocycles. The van der Waals surface area contributed by atoms with Crippen LogP contribution < -0.4 is 5.32 Å². The second kappa shape index (κ2) is 9.38. The fourth-order valence-corrected chi connectivity index (χ4v) is 3.41. The summed E-state index contributed by atoms with van der Waals surface area (Å²) in [7, 11) is 0. The summed E-state index contributed by atoms with van der Waals surface area (Å²) >= 11 is 6.37. The quantitative estimate of drug-likeness (QED) is 0.666. The van der Waals surface area contributed by atoms with Crippen molar-refractivity contribution in [3.05, 3.63) is 28.2 Å². The van der Waals surface area contributed by atoms with Gasteiger partial charge in [0, 0.05) is 9.37 Å². The Labute approximate surface area is 141 Å². The number of amides is 1. The van der Waals surface area contributed by atoms with Crippen LogP contribution in [0.3, 0.4) is 0 Å². The lowest BCUT2D eigenvalue weighted by molar-refractivity contribution is -0.141. The lowest BCUT2D eigenvalue weighted by Crippen LogP contribution is -2.42. The van der Waals surface area contributed by atoms with Crippen LogP contribution in [0.4, 0.5) is 0 Å². The van der Waals surface area contributed by atoms with E-state index in [4.69, 9.17) is 5.11 Å². The van der Waals surface area contributed by atoms with Crippen molar-refractivity contribution in [2.75, 3.05) is 17.8 Å².